The van der Waals surface area contributed by atoms with Crippen LogP contribution in [0, 0.1) is 0 Å². The van der Waals surface area contributed by atoms with E-state index in [0.717, 1.165) is 41.3 Å². The Bertz CT molecular complexity index is 1250. The van der Waals surface area contributed by atoms with Crippen molar-refractivity contribution in [1.82, 2.24) is 9.97 Å². The van der Waals surface area contributed by atoms with Crippen LogP contribution in [-0.4, -0.2) is 9.97 Å². The number of hydrogen-bond donors (Lipinski definition) is 0. The number of thiazole rings is 2. The van der Waals surface area contributed by atoms with E-state index in [-0.39, 0.29) is 0 Å². The molecule has 2 heterocycles. The lowest BCUT2D eigenvalue weighted by Gasteiger charge is -2.03. The van der Waals surface area contributed by atoms with Crippen LogP contribution in [0.5, 0.6) is 0 Å². The second-order valence-electron chi connectivity index (χ2n) is 6.58. The van der Waals surface area contributed by atoms with E-state index in [0.29, 0.717) is 0 Å². The summed E-state index contributed by atoms with van der Waals surface area (Å²) in [4.78, 5) is 9.38. The van der Waals surface area contributed by atoms with E-state index in [1.165, 1.54) is 20.5 Å². The molecular formula is C22H14Cl2N2S4. The number of halogens is 2. The average molecular weight is 506 g/mol. The molecule has 0 atom stereocenters. The normalized spacial score (nSPS) is 11.5. The molecule has 0 unspecified atom stereocenters. The molecule has 0 aliphatic heterocycles. The Kier molecular flexibility index (Phi) is 6.23. The van der Waals surface area contributed by atoms with Crippen molar-refractivity contribution in [1.29, 1.82) is 0 Å². The van der Waals surface area contributed by atoms with Gasteiger partial charge in [0.2, 0.25) is 0 Å². The van der Waals surface area contributed by atoms with E-state index in [2.05, 4.69) is 24.3 Å². The van der Waals surface area contributed by atoms with Crippen LogP contribution in [-0.2, 0) is 11.5 Å². The van der Waals surface area contributed by atoms with Crippen molar-refractivity contribution in [3.8, 4) is 0 Å². The number of hydrogen-bond acceptors (Lipinski definition) is 6. The Labute approximate surface area is 200 Å². The summed E-state index contributed by atoms with van der Waals surface area (Å²) in [6, 6.07) is 20.5. The second kappa shape index (κ2) is 9.07. The Morgan fingerprint density at radius 3 is 1.67 bits per heavy atom. The number of nitrogens with zero attached hydrogens (tertiary/aromatic N) is 2. The third-order valence-electron chi connectivity index (χ3n) is 4.38. The Morgan fingerprint density at radius 1 is 0.667 bits per heavy atom. The van der Waals surface area contributed by atoms with Gasteiger partial charge < -0.3 is 0 Å². The fourth-order valence-corrected chi connectivity index (χ4v) is 7.30. The van der Waals surface area contributed by atoms with E-state index in [4.69, 9.17) is 33.2 Å². The number of thioether (sulfide) groups is 2. The highest BCUT2D eigenvalue weighted by Crippen LogP contribution is 2.34. The molecule has 0 saturated carbocycles. The zero-order valence-corrected chi connectivity index (χ0v) is 20.2. The lowest BCUT2D eigenvalue weighted by Crippen LogP contribution is -1.85. The van der Waals surface area contributed by atoms with Crippen molar-refractivity contribution in [3.05, 3.63) is 81.8 Å². The summed E-state index contributed by atoms with van der Waals surface area (Å²) < 4.78 is 4.48. The summed E-state index contributed by atoms with van der Waals surface area (Å²) in [6.45, 7) is 0. The molecule has 0 aliphatic rings. The summed E-state index contributed by atoms with van der Waals surface area (Å²) in [5.74, 6) is 1.79. The zero-order valence-electron chi connectivity index (χ0n) is 15.5. The zero-order chi connectivity index (χ0) is 20.5. The molecule has 0 spiro atoms. The van der Waals surface area contributed by atoms with Crippen LogP contribution in [0.15, 0.2) is 69.3 Å². The molecule has 2 aromatic heterocycles. The van der Waals surface area contributed by atoms with E-state index < -0.39 is 0 Å². The van der Waals surface area contributed by atoms with Crippen LogP contribution in [0.4, 0.5) is 0 Å². The molecular weight excluding hydrogens is 491 g/mol. The van der Waals surface area contributed by atoms with Crippen LogP contribution < -0.4 is 0 Å². The predicted molar refractivity (Wildman–Crippen MR) is 135 cm³/mol. The Balaban J connectivity index is 1.24. The van der Waals surface area contributed by atoms with Crippen LogP contribution in [0.25, 0.3) is 20.4 Å². The number of benzene rings is 3. The number of rotatable bonds is 6. The highest BCUT2D eigenvalue weighted by atomic mass is 35.5. The SMILES string of the molecule is Clc1ccc2sc(SCc3cccc(CSc4nc5cc(Cl)ccc5s4)c3)nc2c1. The number of fused-ring (bicyclic) bond motifs is 2. The first-order chi connectivity index (χ1) is 14.6. The topological polar surface area (TPSA) is 25.8 Å². The van der Waals surface area contributed by atoms with Gasteiger partial charge in [0.1, 0.15) is 0 Å². The third kappa shape index (κ3) is 4.79. The maximum Gasteiger partial charge on any atom is 0.151 e. The predicted octanol–water partition coefficient (Wildman–Crippen LogP) is 8.80. The monoisotopic (exact) mass is 504 g/mol. The Morgan fingerprint density at radius 2 is 1.17 bits per heavy atom. The molecule has 5 rings (SSSR count). The van der Waals surface area contributed by atoms with Crippen molar-refractivity contribution < 1.29 is 0 Å². The molecule has 3 aromatic carbocycles. The van der Waals surface area contributed by atoms with Gasteiger partial charge >= 0.3 is 0 Å². The summed E-state index contributed by atoms with van der Waals surface area (Å²) >= 11 is 19.1. The minimum atomic E-state index is 0.728. The van der Waals surface area contributed by atoms with Crippen LogP contribution >= 0.6 is 69.4 Å². The standard InChI is InChI=1S/C22H14Cl2N2S4/c23-15-4-6-19-17(9-15)25-21(29-19)27-11-13-2-1-3-14(8-13)12-28-22-26-18-10-16(24)5-7-20(18)30-22/h1-10H,11-12H2. The summed E-state index contributed by atoms with van der Waals surface area (Å²) in [5, 5.41) is 1.46. The van der Waals surface area contributed by atoms with Crippen molar-refractivity contribution >= 4 is 89.8 Å². The van der Waals surface area contributed by atoms with Gasteiger partial charge in [-0.2, -0.15) is 0 Å². The van der Waals surface area contributed by atoms with E-state index >= 15 is 0 Å². The molecule has 30 heavy (non-hydrogen) atoms. The highest BCUT2D eigenvalue weighted by Gasteiger charge is 2.08. The molecule has 5 aromatic rings. The van der Waals surface area contributed by atoms with Crippen molar-refractivity contribution in [2.45, 2.75) is 20.2 Å². The van der Waals surface area contributed by atoms with Crippen molar-refractivity contribution in [2.24, 2.45) is 0 Å². The molecule has 8 heteroatoms. The largest absolute Gasteiger partial charge is 0.230 e. The van der Waals surface area contributed by atoms with Gasteiger partial charge in [0, 0.05) is 21.6 Å². The van der Waals surface area contributed by atoms with Gasteiger partial charge in [-0.15, -0.1) is 22.7 Å². The summed E-state index contributed by atoms with van der Waals surface area (Å²) in [6.07, 6.45) is 0. The number of aromatic nitrogens is 2. The minimum Gasteiger partial charge on any atom is -0.230 e. The molecule has 2 nitrogen and oxygen atoms in total. The Hall–Kier alpha value is -1.28. The maximum absolute atomic E-state index is 6.07. The van der Waals surface area contributed by atoms with Crippen molar-refractivity contribution in [2.75, 3.05) is 0 Å². The summed E-state index contributed by atoms with van der Waals surface area (Å²) in [7, 11) is 0. The second-order valence-corrected chi connectivity index (χ2v) is 12.0. The molecule has 0 N–H and O–H groups in total. The first-order valence-electron chi connectivity index (χ1n) is 9.08. The van der Waals surface area contributed by atoms with Crippen molar-refractivity contribution in [3.63, 3.8) is 0 Å². The van der Waals surface area contributed by atoms with Gasteiger partial charge in [0.15, 0.2) is 8.68 Å². The molecule has 0 saturated heterocycles. The summed E-state index contributed by atoms with van der Waals surface area (Å²) in [5.41, 5.74) is 4.53. The van der Waals surface area contributed by atoms with Crippen LogP contribution in [0.1, 0.15) is 11.1 Å². The lowest BCUT2D eigenvalue weighted by atomic mass is 10.2. The van der Waals surface area contributed by atoms with E-state index in [9.17, 15) is 0 Å². The van der Waals surface area contributed by atoms with Gasteiger partial charge in [-0.05, 0) is 47.5 Å². The third-order valence-corrected chi connectivity index (χ3v) is 9.35. The van der Waals surface area contributed by atoms with Gasteiger partial charge in [0.05, 0.1) is 20.4 Å². The highest BCUT2D eigenvalue weighted by molar-refractivity contribution is 8.00. The van der Waals surface area contributed by atoms with Gasteiger partial charge in [-0.25, -0.2) is 9.97 Å². The lowest BCUT2D eigenvalue weighted by molar-refractivity contribution is 1.27. The van der Waals surface area contributed by atoms with E-state index in [1.807, 2.05) is 36.4 Å². The smallest absolute Gasteiger partial charge is 0.151 e. The first kappa shape index (κ1) is 20.6. The van der Waals surface area contributed by atoms with Gasteiger partial charge in [0.25, 0.3) is 0 Å². The average Bonchev–Trinajstić information content (AvgIpc) is 3.33. The minimum absolute atomic E-state index is 0.728. The molecule has 0 radical (unpaired) electrons. The quantitative estimate of drug-likeness (QED) is 0.215. The van der Waals surface area contributed by atoms with Crippen LogP contribution in [0.2, 0.25) is 10.0 Å². The molecule has 0 fully saturated rings. The molecule has 0 amide bonds. The van der Waals surface area contributed by atoms with Gasteiger partial charge in [-0.1, -0.05) is 71.0 Å². The van der Waals surface area contributed by atoms with Crippen LogP contribution in [0.3, 0.4) is 0 Å². The maximum atomic E-state index is 6.07. The fourth-order valence-electron chi connectivity index (χ4n) is 2.98. The van der Waals surface area contributed by atoms with E-state index in [1.54, 1.807) is 46.2 Å². The fraction of sp³-hybridized carbons (Fsp3) is 0.0909. The molecule has 0 aliphatic carbocycles. The molecule has 150 valence electrons. The molecule has 0 bridgehead atoms. The van der Waals surface area contributed by atoms with Gasteiger partial charge in [-0.3, -0.25) is 0 Å². The first-order valence-corrected chi connectivity index (χ1v) is 13.4.